The van der Waals surface area contributed by atoms with Crippen LogP contribution in [0.25, 0.3) is 0 Å². The highest BCUT2D eigenvalue weighted by Crippen LogP contribution is 2.19. The molecule has 0 spiro atoms. The number of aromatic nitrogens is 2. The number of amides is 1. The Balaban J connectivity index is 1.46. The zero-order chi connectivity index (χ0) is 17.5. The molecule has 7 heteroatoms. The van der Waals surface area contributed by atoms with E-state index in [0.29, 0.717) is 10.9 Å². The van der Waals surface area contributed by atoms with Crippen LogP contribution in [0.1, 0.15) is 36.8 Å². The number of anilines is 1. The summed E-state index contributed by atoms with van der Waals surface area (Å²) >= 11 is 1.43. The van der Waals surface area contributed by atoms with Crippen molar-refractivity contribution in [2.75, 3.05) is 25.0 Å². The minimum Gasteiger partial charge on any atom is -0.484 e. The lowest BCUT2D eigenvalue weighted by atomic mass is 10.1. The minimum atomic E-state index is -0.220. The second-order valence-corrected chi connectivity index (χ2v) is 7.24. The van der Waals surface area contributed by atoms with Crippen molar-refractivity contribution in [3.63, 3.8) is 0 Å². The van der Waals surface area contributed by atoms with Gasteiger partial charge in [-0.05, 0) is 50.0 Å². The van der Waals surface area contributed by atoms with E-state index in [2.05, 4.69) is 27.3 Å². The molecule has 25 heavy (non-hydrogen) atoms. The number of likely N-dealkylation sites (tertiary alicyclic amines) is 1. The van der Waals surface area contributed by atoms with Gasteiger partial charge in [0.25, 0.3) is 5.91 Å². The first-order valence-electron chi connectivity index (χ1n) is 8.79. The van der Waals surface area contributed by atoms with Gasteiger partial charge in [-0.3, -0.25) is 15.0 Å². The molecule has 1 aromatic carbocycles. The second kappa shape index (κ2) is 8.92. The summed E-state index contributed by atoms with van der Waals surface area (Å²) in [5.74, 6) is 0.486. The fourth-order valence-corrected chi connectivity index (χ4v) is 3.63. The van der Waals surface area contributed by atoms with Crippen molar-refractivity contribution in [1.82, 2.24) is 15.1 Å². The smallest absolute Gasteiger partial charge is 0.264 e. The largest absolute Gasteiger partial charge is 0.484 e. The number of carbonyl (C=O) groups is 1. The van der Waals surface area contributed by atoms with E-state index < -0.39 is 0 Å². The SMILES string of the molecule is CCc1cccc(OCC(=O)Nc2nnc(CN3CCCCC3)s2)c1. The summed E-state index contributed by atoms with van der Waals surface area (Å²) in [5, 5.41) is 12.5. The zero-order valence-corrected chi connectivity index (χ0v) is 15.3. The molecule has 1 aromatic heterocycles. The van der Waals surface area contributed by atoms with E-state index in [9.17, 15) is 4.79 Å². The lowest BCUT2D eigenvalue weighted by Crippen LogP contribution is -2.28. The van der Waals surface area contributed by atoms with Crippen LogP contribution in [0.15, 0.2) is 24.3 Å². The number of nitrogens with one attached hydrogen (secondary N) is 1. The maximum atomic E-state index is 12.0. The molecule has 0 atom stereocenters. The van der Waals surface area contributed by atoms with E-state index in [4.69, 9.17) is 4.74 Å². The monoisotopic (exact) mass is 360 g/mol. The third-order valence-electron chi connectivity index (χ3n) is 4.20. The Morgan fingerprint density at radius 1 is 1.28 bits per heavy atom. The highest BCUT2D eigenvalue weighted by Gasteiger charge is 2.14. The number of hydrogen-bond acceptors (Lipinski definition) is 6. The van der Waals surface area contributed by atoms with Crippen LogP contribution in [-0.4, -0.2) is 40.7 Å². The topological polar surface area (TPSA) is 67.3 Å². The van der Waals surface area contributed by atoms with Crippen molar-refractivity contribution in [2.24, 2.45) is 0 Å². The Bertz CT molecular complexity index is 698. The van der Waals surface area contributed by atoms with Crippen LogP contribution >= 0.6 is 11.3 Å². The quantitative estimate of drug-likeness (QED) is 0.822. The third-order valence-corrected chi connectivity index (χ3v) is 5.02. The molecule has 1 N–H and O–H groups in total. The molecule has 1 amide bonds. The number of carbonyl (C=O) groups excluding carboxylic acids is 1. The van der Waals surface area contributed by atoms with Gasteiger partial charge in [0.15, 0.2) is 6.61 Å². The summed E-state index contributed by atoms with van der Waals surface area (Å²) in [4.78, 5) is 14.4. The maximum Gasteiger partial charge on any atom is 0.264 e. The fraction of sp³-hybridized carbons (Fsp3) is 0.500. The van der Waals surface area contributed by atoms with Crippen molar-refractivity contribution in [2.45, 2.75) is 39.2 Å². The molecule has 6 nitrogen and oxygen atoms in total. The number of piperidine rings is 1. The van der Waals surface area contributed by atoms with Crippen LogP contribution < -0.4 is 10.1 Å². The molecule has 2 heterocycles. The highest BCUT2D eigenvalue weighted by molar-refractivity contribution is 7.15. The lowest BCUT2D eigenvalue weighted by molar-refractivity contribution is -0.118. The van der Waals surface area contributed by atoms with E-state index in [-0.39, 0.29) is 12.5 Å². The van der Waals surface area contributed by atoms with Crippen molar-refractivity contribution in [3.05, 3.63) is 34.8 Å². The molecule has 0 unspecified atom stereocenters. The first-order chi connectivity index (χ1) is 12.2. The molecule has 2 aromatic rings. The third kappa shape index (κ3) is 5.51. The Morgan fingerprint density at radius 3 is 2.92 bits per heavy atom. The number of aryl methyl sites for hydroxylation is 1. The molecule has 1 aliphatic rings. The van der Waals surface area contributed by atoms with Gasteiger partial charge in [-0.1, -0.05) is 36.8 Å². The Labute approximate surface area is 152 Å². The predicted molar refractivity (Wildman–Crippen MR) is 99.0 cm³/mol. The van der Waals surface area contributed by atoms with Crippen molar-refractivity contribution >= 4 is 22.4 Å². The summed E-state index contributed by atoms with van der Waals surface area (Å²) in [6.45, 7) is 5.10. The van der Waals surface area contributed by atoms with Crippen LogP contribution in [0.5, 0.6) is 5.75 Å². The standard InChI is InChI=1S/C18H24N4O2S/c1-2-14-7-6-8-15(11-14)24-13-16(23)19-18-21-20-17(25-18)12-22-9-4-3-5-10-22/h6-8,11H,2-5,9-10,12-13H2,1H3,(H,19,21,23). The van der Waals surface area contributed by atoms with Gasteiger partial charge in [0.05, 0.1) is 6.54 Å². The minimum absolute atomic E-state index is 0.0335. The van der Waals surface area contributed by atoms with Gasteiger partial charge in [-0.2, -0.15) is 0 Å². The number of rotatable bonds is 7. The van der Waals surface area contributed by atoms with Crippen LogP contribution in [0.2, 0.25) is 0 Å². The number of ether oxygens (including phenoxy) is 1. The van der Waals surface area contributed by atoms with Gasteiger partial charge in [-0.15, -0.1) is 10.2 Å². The molecular formula is C18H24N4O2S. The Hall–Kier alpha value is -1.99. The van der Waals surface area contributed by atoms with Gasteiger partial charge in [0.1, 0.15) is 10.8 Å². The van der Waals surface area contributed by atoms with Gasteiger partial charge in [-0.25, -0.2) is 0 Å². The molecular weight excluding hydrogens is 336 g/mol. The number of benzene rings is 1. The molecule has 134 valence electrons. The van der Waals surface area contributed by atoms with E-state index in [0.717, 1.165) is 31.1 Å². The fourth-order valence-electron chi connectivity index (χ4n) is 2.84. The van der Waals surface area contributed by atoms with Crippen LogP contribution in [-0.2, 0) is 17.8 Å². The summed E-state index contributed by atoms with van der Waals surface area (Å²) in [6, 6.07) is 7.78. The molecule has 1 saturated heterocycles. The average molecular weight is 360 g/mol. The molecule has 0 aliphatic carbocycles. The maximum absolute atomic E-state index is 12.0. The van der Waals surface area contributed by atoms with Crippen LogP contribution in [0.3, 0.4) is 0 Å². The summed E-state index contributed by atoms with van der Waals surface area (Å²) in [5.41, 5.74) is 1.18. The van der Waals surface area contributed by atoms with Crippen LogP contribution in [0, 0.1) is 0 Å². The number of hydrogen-bond donors (Lipinski definition) is 1. The predicted octanol–water partition coefficient (Wildman–Crippen LogP) is 3.10. The second-order valence-electron chi connectivity index (χ2n) is 6.18. The van der Waals surface area contributed by atoms with E-state index in [1.54, 1.807) is 0 Å². The normalized spacial score (nSPS) is 15.1. The van der Waals surface area contributed by atoms with Gasteiger partial charge in [0, 0.05) is 0 Å². The zero-order valence-electron chi connectivity index (χ0n) is 14.5. The Kier molecular flexibility index (Phi) is 6.36. The average Bonchev–Trinajstić information content (AvgIpc) is 3.08. The van der Waals surface area contributed by atoms with Crippen molar-refractivity contribution < 1.29 is 9.53 Å². The van der Waals surface area contributed by atoms with E-state index in [1.807, 2.05) is 24.3 Å². The highest BCUT2D eigenvalue weighted by atomic mass is 32.1. The number of nitrogens with zero attached hydrogens (tertiary/aromatic N) is 3. The molecule has 3 rings (SSSR count). The van der Waals surface area contributed by atoms with E-state index in [1.165, 1.54) is 36.2 Å². The molecule has 0 saturated carbocycles. The summed E-state index contributed by atoms with van der Waals surface area (Å²) in [7, 11) is 0. The van der Waals surface area contributed by atoms with Gasteiger partial charge in [0.2, 0.25) is 5.13 Å². The molecule has 1 aliphatic heterocycles. The van der Waals surface area contributed by atoms with Gasteiger partial charge >= 0.3 is 0 Å². The molecule has 0 bridgehead atoms. The molecule has 1 fully saturated rings. The summed E-state index contributed by atoms with van der Waals surface area (Å²) in [6.07, 6.45) is 4.75. The van der Waals surface area contributed by atoms with Gasteiger partial charge < -0.3 is 4.74 Å². The first kappa shape index (κ1) is 17.8. The van der Waals surface area contributed by atoms with Crippen molar-refractivity contribution in [1.29, 1.82) is 0 Å². The molecule has 0 radical (unpaired) electrons. The van der Waals surface area contributed by atoms with Crippen LogP contribution in [0.4, 0.5) is 5.13 Å². The lowest BCUT2D eigenvalue weighted by Gasteiger charge is -2.24. The Morgan fingerprint density at radius 2 is 2.12 bits per heavy atom. The summed E-state index contributed by atoms with van der Waals surface area (Å²) < 4.78 is 5.55. The van der Waals surface area contributed by atoms with E-state index >= 15 is 0 Å². The van der Waals surface area contributed by atoms with Crippen molar-refractivity contribution in [3.8, 4) is 5.75 Å². The first-order valence-corrected chi connectivity index (χ1v) is 9.61.